The normalized spacial score (nSPS) is 13.4. The highest BCUT2D eigenvalue weighted by Gasteiger charge is 2.27. The average Bonchev–Trinajstić information content (AvgIpc) is 3.28. The summed E-state index contributed by atoms with van der Waals surface area (Å²) in [4.78, 5) is 24.2. The second-order valence-electron chi connectivity index (χ2n) is 7.63. The Labute approximate surface area is 185 Å². The molecule has 0 spiro atoms. The van der Waals surface area contributed by atoms with Crippen molar-refractivity contribution in [1.82, 2.24) is 20.1 Å². The number of nitrogens with one attached hydrogen (secondary N) is 2. The van der Waals surface area contributed by atoms with Crippen molar-refractivity contribution in [3.8, 4) is 11.1 Å². The van der Waals surface area contributed by atoms with Crippen molar-refractivity contribution < 1.29 is 23.1 Å². The highest BCUT2D eigenvalue weighted by Crippen LogP contribution is 2.24. The second kappa shape index (κ2) is 10.3. The van der Waals surface area contributed by atoms with Gasteiger partial charge in [0, 0.05) is 6.42 Å². The topological polar surface area (TPSA) is 142 Å². The van der Waals surface area contributed by atoms with Crippen LogP contribution in [0.25, 0.3) is 11.1 Å². The number of carboxylic acids is 1. The van der Waals surface area contributed by atoms with E-state index < -0.39 is 28.0 Å². The number of aromatic amines is 1. The van der Waals surface area contributed by atoms with Gasteiger partial charge in [0.2, 0.25) is 10.0 Å². The van der Waals surface area contributed by atoms with E-state index in [0.29, 0.717) is 6.42 Å². The number of carboxylic acid groups (broad SMARTS) is 1. The zero-order valence-corrected chi connectivity index (χ0v) is 18.2. The minimum absolute atomic E-state index is 0.00217. The van der Waals surface area contributed by atoms with E-state index in [1.807, 2.05) is 54.6 Å². The van der Waals surface area contributed by atoms with Gasteiger partial charge < -0.3 is 5.11 Å². The summed E-state index contributed by atoms with van der Waals surface area (Å²) in [5, 5.41) is 19.3. The molecule has 2 aromatic carbocycles. The molecule has 32 heavy (non-hydrogen) atoms. The number of aliphatic carboxylic acids is 1. The van der Waals surface area contributed by atoms with Crippen molar-refractivity contribution in [2.45, 2.75) is 25.3 Å². The lowest BCUT2D eigenvalue weighted by Gasteiger charge is -2.21. The number of H-pyrrole nitrogens is 1. The maximum absolute atomic E-state index is 12.6. The zero-order chi connectivity index (χ0) is 23.1. The van der Waals surface area contributed by atoms with Gasteiger partial charge in [0.1, 0.15) is 11.7 Å². The molecule has 10 heteroatoms. The van der Waals surface area contributed by atoms with Gasteiger partial charge >= 0.3 is 5.97 Å². The Bertz CT molecular complexity index is 1150. The minimum Gasteiger partial charge on any atom is -0.480 e. The lowest BCUT2D eigenvalue weighted by molar-refractivity contribution is -0.139. The number of ketones is 1. The van der Waals surface area contributed by atoms with Crippen molar-refractivity contribution in [2.24, 2.45) is 5.92 Å². The summed E-state index contributed by atoms with van der Waals surface area (Å²) in [7, 11) is -3.74. The van der Waals surface area contributed by atoms with Crippen molar-refractivity contribution >= 4 is 21.8 Å². The van der Waals surface area contributed by atoms with Gasteiger partial charge in [0.15, 0.2) is 5.78 Å². The number of rotatable bonds is 11. The fraction of sp³-hybridized carbons (Fsp3) is 0.273. The molecule has 1 aromatic heterocycles. The van der Waals surface area contributed by atoms with Gasteiger partial charge in [-0.25, -0.2) is 13.1 Å². The van der Waals surface area contributed by atoms with E-state index in [-0.39, 0.29) is 24.3 Å². The number of aromatic nitrogens is 3. The van der Waals surface area contributed by atoms with E-state index in [4.69, 9.17) is 0 Å². The molecule has 0 aliphatic heterocycles. The smallest absolute Gasteiger partial charge is 0.321 e. The highest BCUT2D eigenvalue weighted by atomic mass is 32.2. The lowest BCUT2D eigenvalue weighted by Crippen LogP contribution is -2.42. The molecule has 1 heterocycles. The predicted molar refractivity (Wildman–Crippen MR) is 118 cm³/mol. The molecule has 0 aliphatic rings. The van der Waals surface area contributed by atoms with Crippen LogP contribution >= 0.6 is 0 Å². The fourth-order valence-corrected chi connectivity index (χ4v) is 4.24. The molecule has 0 unspecified atom stereocenters. The summed E-state index contributed by atoms with van der Waals surface area (Å²) in [5.41, 5.74) is 3.16. The Morgan fingerprint density at radius 1 is 1.06 bits per heavy atom. The summed E-state index contributed by atoms with van der Waals surface area (Å²) in [5.74, 6) is -2.03. The Kier molecular flexibility index (Phi) is 7.49. The van der Waals surface area contributed by atoms with Gasteiger partial charge in [-0.05, 0) is 35.4 Å². The van der Waals surface area contributed by atoms with Crippen LogP contribution in [0.15, 0.2) is 60.8 Å². The Balaban J connectivity index is 1.79. The van der Waals surface area contributed by atoms with E-state index in [9.17, 15) is 23.1 Å². The second-order valence-corrected chi connectivity index (χ2v) is 9.41. The van der Waals surface area contributed by atoms with E-state index in [2.05, 4.69) is 20.1 Å². The predicted octanol–water partition coefficient (Wildman–Crippen LogP) is 2.30. The number of sulfonamides is 1. The van der Waals surface area contributed by atoms with Crippen LogP contribution in [0, 0.1) is 5.92 Å². The molecule has 168 valence electrons. The molecular formula is C22H24N4O5S. The Hall–Kier alpha value is -3.37. The standard InChI is InChI=1S/C22H24N4O5S/c1-32(30,31)25-19(22(28)29)12-16(13-21(27)20-14-23-26-24-20)11-15-7-9-18(10-8-15)17-5-3-2-4-6-17/h2-10,14,16,19,25H,11-13H2,1H3,(H,28,29)(H,23,24,26)/t16-,19-/m1/s1. The molecule has 3 aromatic rings. The molecule has 3 rings (SSSR count). The third kappa shape index (κ3) is 6.82. The average molecular weight is 457 g/mol. The minimum atomic E-state index is -3.74. The first-order chi connectivity index (χ1) is 15.2. The maximum atomic E-state index is 12.6. The molecular weight excluding hydrogens is 432 g/mol. The number of hydrogen-bond donors (Lipinski definition) is 3. The third-order valence-electron chi connectivity index (χ3n) is 4.98. The molecule has 3 N–H and O–H groups in total. The summed E-state index contributed by atoms with van der Waals surface area (Å²) in [6.45, 7) is 0. The zero-order valence-electron chi connectivity index (χ0n) is 17.4. The van der Waals surface area contributed by atoms with E-state index in [0.717, 1.165) is 22.9 Å². The summed E-state index contributed by atoms with van der Waals surface area (Å²) < 4.78 is 25.3. The molecule has 0 saturated carbocycles. The van der Waals surface area contributed by atoms with Gasteiger partial charge in [-0.3, -0.25) is 9.59 Å². The Morgan fingerprint density at radius 2 is 1.72 bits per heavy atom. The van der Waals surface area contributed by atoms with Crippen LogP contribution in [0.4, 0.5) is 0 Å². The van der Waals surface area contributed by atoms with Crippen LogP contribution < -0.4 is 4.72 Å². The maximum Gasteiger partial charge on any atom is 0.321 e. The van der Waals surface area contributed by atoms with Crippen LogP contribution in [0.1, 0.15) is 28.9 Å². The first-order valence-electron chi connectivity index (χ1n) is 9.94. The van der Waals surface area contributed by atoms with Crippen LogP contribution in [-0.2, 0) is 21.2 Å². The van der Waals surface area contributed by atoms with Crippen LogP contribution in [-0.4, -0.2) is 53.0 Å². The number of benzene rings is 2. The molecule has 0 fully saturated rings. The number of nitrogens with zero attached hydrogens (tertiary/aromatic N) is 2. The summed E-state index contributed by atoms with van der Waals surface area (Å²) >= 11 is 0. The molecule has 0 amide bonds. The SMILES string of the molecule is CS(=O)(=O)N[C@H](C[C@H](CC(=O)c1cn[nH]n1)Cc1ccc(-c2ccccc2)cc1)C(=O)O. The fourth-order valence-electron chi connectivity index (χ4n) is 3.53. The summed E-state index contributed by atoms with van der Waals surface area (Å²) in [6, 6.07) is 16.3. The largest absolute Gasteiger partial charge is 0.480 e. The molecule has 9 nitrogen and oxygen atoms in total. The molecule has 0 saturated heterocycles. The first-order valence-corrected chi connectivity index (χ1v) is 11.8. The van der Waals surface area contributed by atoms with Gasteiger partial charge in [-0.15, -0.1) is 0 Å². The van der Waals surface area contributed by atoms with Crippen molar-refractivity contribution in [3.63, 3.8) is 0 Å². The lowest BCUT2D eigenvalue weighted by atomic mass is 9.87. The van der Waals surface area contributed by atoms with Crippen molar-refractivity contribution in [1.29, 1.82) is 0 Å². The van der Waals surface area contributed by atoms with Gasteiger partial charge in [0.25, 0.3) is 0 Å². The van der Waals surface area contributed by atoms with Crippen LogP contribution in [0.5, 0.6) is 0 Å². The third-order valence-corrected chi connectivity index (χ3v) is 5.70. The number of carbonyl (C=O) groups is 2. The van der Waals surface area contributed by atoms with E-state index in [1.165, 1.54) is 6.20 Å². The number of hydrogen-bond acceptors (Lipinski definition) is 6. The molecule has 0 bridgehead atoms. The number of carbonyl (C=O) groups excluding carboxylic acids is 1. The molecule has 2 atom stereocenters. The molecule has 0 radical (unpaired) electrons. The highest BCUT2D eigenvalue weighted by molar-refractivity contribution is 7.88. The Morgan fingerprint density at radius 3 is 2.28 bits per heavy atom. The quantitative estimate of drug-likeness (QED) is 0.376. The first kappa shape index (κ1) is 23.3. The van der Waals surface area contributed by atoms with Crippen LogP contribution in [0.2, 0.25) is 0 Å². The van der Waals surface area contributed by atoms with Gasteiger partial charge in [-0.1, -0.05) is 54.6 Å². The van der Waals surface area contributed by atoms with Gasteiger partial charge in [-0.2, -0.15) is 15.4 Å². The molecule has 0 aliphatic carbocycles. The van der Waals surface area contributed by atoms with E-state index in [1.54, 1.807) is 0 Å². The van der Waals surface area contributed by atoms with Gasteiger partial charge in [0.05, 0.1) is 12.5 Å². The van der Waals surface area contributed by atoms with Crippen molar-refractivity contribution in [3.05, 3.63) is 72.1 Å². The summed E-state index contributed by atoms with van der Waals surface area (Å²) in [6.07, 6.45) is 2.56. The monoisotopic (exact) mass is 456 g/mol. The number of Topliss-reactive ketones (excluding diaryl/α,β-unsaturated/α-hetero) is 1. The van der Waals surface area contributed by atoms with Crippen LogP contribution in [0.3, 0.4) is 0 Å². The van der Waals surface area contributed by atoms with E-state index >= 15 is 0 Å². The van der Waals surface area contributed by atoms with Crippen molar-refractivity contribution in [2.75, 3.05) is 6.26 Å².